The zero-order chi connectivity index (χ0) is 21.8. The molecule has 160 valence electrons. The van der Waals surface area contributed by atoms with Gasteiger partial charge in [0.25, 0.3) is 11.8 Å². The van der Waals surface area contributed by atoms with E-state index in [4.69, 9.17) is 13.9 Å². The SMILES string of the molecule is CCOc1ccc(NC2=C(c3cccs3)C(=O)N(Cc3ccco3)C2=O)cc1OCC. The third-order valence-corrected chi connectivity index (χ3v) is 5.53. The van der Waals surface area contributed by atoms with Crippen LogP contribution in [0.25, 0.3) is 5.57 Å². The Labute approximate surface area is 183 Å². The highest BCUT2D eigenvalue weighted by atomic mass is 32.1. The molecule has 3 heterocycles. The number of imide groups is 1. The molecular weight excluding hydrogens is 416 g/mol. The molecule has 0 saturated heterocycles. The van der Waals surface area contributed by atoms with Gasteiger partial charge in [-0.1, -0.05) is 6.07 Å². The van der Waals surface area contributed by atoms with Crippen molar-refractivity contribution < 1.29 is 23.5 Å². The first kappa shape index (κ1) is 20.7. The molecule has 0 bridgehead atoms. The molecule has 31 heavy (non-hydrogen) atoms. The number of benzene rings is 1. The van der Waals surface area contributed by atoms with E-state index in [1.807, 2.05) is 31.4 Å². The summed E-state index contributed by atoms with van der Waals surface area (Å²) in [5.74, 6) is 0.958. The Bertz CT molecular complexity index is 1100. The summed E-state index contributed by atoms with van der Waals surface area (Å²) in [6.45, 7) is 4.84. The Balaban J connectivity index is 1.69. The predicted octanol–water partition coefficient (Wildman–Crippen LogP) is 4.53. The Morgan fingerprint density at radius 2 is 1.81 bits per heavy atom. The lowest BCUT2D eigenvalue weighted by molar-refractivity contribution is -0.137. The van der Waals surface area contributed by atoms with E-state index in [9.17, 15) is 9.59 Å². The van der Waals surface area contributed by atoms with Crippen LogP contribution in [-0.4, -0.2) is 29.9 Å². The van der Waals surface area contributed by atoms with Crippen LogP contribution in [0.2, 0.25) is 0 Å². The molecule has 1 aliphatic heterocycles. The van der Waals surface area contributed by atoms with Gasteiger partial charge < -0.3 is 19.2 Å². The molecule has 4 rings (SSSR count). The average Bonchev–Trinajstić information content (AvgIpc) is 3.50. The van der Waals surface area contributed by atoms with Crippen molar-refractivity contribution in [2.75, 3.05) is 18.5 Å². The molecule has 7 nitrogen and oxygen atoms in total. The predicted molar refractivity (Wildman–Crippen MR) is 118 cm³/mol. The van der Waals surface area contributed by atoms with E-state index in [1.54, 1.807) is 30.3 Å². The van der Waals surface area contributed by atoms with Crippen LogP contribution in [0.5, 0.6) is 11.5 Å². The zero-order valence-electron chi connectivity index (χ0n) is 17.2. The number of anilines is 1. The molecule has 2 aromatic heterocycles. The Morgan fingerprint density at radius 1 is 1.00 bits per heavy atom. The van der Waals surface area contributed by atoms with Gasteiger partial charge in [-0.2, -0.15) is 0 Å². The minimum Gasteiger partial charge on any atom is -0.490 e. The maximum absolute atomic E-state index is 13.2. The zero-order valence-corrected chi connectivity index (χ0v) is 18.0. The Hall–Kier alpha value is -3.52. The van der Waals surface area contributed by atoms with E-state index in [1.165, 1.54) is 22.5 Å². The third-order valence-electron chi connectivity index (χ3n) is 4.64. The number of amides is 2. The number of nitrogens with one attached hydrogen (secondary N) is 1. The maximum atomic E-state index is 13.2. The minimum atomic E-state index is -0.406. The number of ether oxygens (including phenoxy) is 2. The summed E-state index contributed by atoms with van der Waals surface area (Å²) in [6.07, 6.45) is 1.52. The van der Waals surface area contributed by atoms with Gasteiger partial charge in [-0.3, -0.25) is 14.5 Å². The fraction of sp³-hybridized carbons (Fsp3) is 0.217. The maximum Gasteiger partial charge on any atom is 0.278 e. The van der Waals surface area contributed by atoms with Crippen LogP contribution in [0.3, 0.4) is 0 Å². The van der Waals surface area contributed by atoms with Crippen LogP contribution in [0.4, 0.5) is 5.69 Å². The number of carbonyl (C=O) groups is 2. The van der Waals surface area contributed by atoms with Crippen LogP contribution in [0, 0.1) is 0 Å². The van der Waals surface area contributed by atoms with Crippen LogP contribution in [0.1, 0.15) is 24.5 Å². The van der Waals surface area contributed by atoms with Gasteiger partial charge >= 0.3 is 0 Å². The molecule has 1 aromatic carbocycles. The van der Waals surface area contributed by atoms with Crippen LogP contribution in [0.15, 0.2) is 64.2 Å². The van der Waals surface area contributed by atoms with E-state index in [2.05, 4.69) is 5.32 Å². The molecule has 0 radical (unpaired) electrons. The molecule has 0 aliphatic carbocycles. The number of hydrogen-bond acceptors (Lipinski definition) is 7. The summed E-state index contributed by atoms with van der Waals surface area (Å²) < 4.78 is 16.6. The highest BCUT2D eigenvalue weighted by molar-refractivity contribution is 7.11. The lowest BCUT2D eigenvalue weighted by atomic mass is 10.2. The number of nitrogens with zero attached hydrogens (tertiary/aromatic N) is 1. The fourth-order valence-electron chi connectivity index (χ4n) is 3.32. The second-order valence-electron chi connectivity index (χ2n) is 6.66. The van der Waals surface area contributed by atoms with Gasteiger partial charge in [0.15, 0.2) is 11.5 Å². The van der Waals surface area contributed by atoms with E-state index in [-0.39, 0.29) is 18.1 Å². The van der Waals surface area contributed by atoms with E-state index in [0.717, 1.165) is 4.88 Å². The Morgan fingerprint density at radius 3 is 2.48 bits per heavy atom. The summed E-state index contributed by atoms with van der Waals surface area (Å²) >= 11 is 1.40. The lowest BCUT2D eigenvalue weighted by Gasteiger charge is -2.15. The average molecular weight is 439 g/mol. The quantitative estimate of drug-likeness (QED) is 0.495. The molecule has 1 N–H and O–H groups in total. The summed E-state index contributed by atoms with van der Waals surface area (Å²) in [5.41, 5.74) is 1.20. The number of thiophene rings is 1. The minimum absolute atomic E-state index is 0.0677. The topological polar surface area (TPSA) is 81.0 Å². The molecule has 1 aliphatic rings. The van der Waals surface area contributed by atoms with E-state index in [0.29, 0.717) is 41.7 Å². The fourth-order valence-corrected chi connectivity index (χ4v) is 4.08. The number of hydrogen-bond donors (Lipinski definition) is 1. The smallest absolute Gasteiger partial charge is 0.278 e. The highest BCUT2D eigenvalue weighted by Gasteiger charge is 2.40. The summed E-state index contributed by atoms with van der Waals surface area (Å²) in [7, 11) is 0. The molecule has 0 saturated carbocycles. The van der Waals surface area contributed by atoms with Gasteiger partial charge in [-0.05, 0) is 49.6 Å². The van der Waals surface area contributed by atoms with Gasteiger partial charge in [-0.15, -0.1) is 11.3 Å². The van der Waals surface area contributed by atoms with Crippen molar-refractivity contribution in [1.82, 2.24) is 4.90 Å². The van der Waals surface area contributed by atoms with E-state index < -0.39 is 5.91 Å². The molecule has 8 heteroatoms. The van der Waals surface area contributed by atoms with Gasteiger partial charge in [0.1, 0.15) is 11.5 Å². The summed E-state index contributed by atoms with van der Waals surface area (Å²) in [5, 5.41) is 5.02. The van der Waals surface area contributed by atoms with Gasteiger partial charge in [0.2, 0.25) is 0 Å². The van der Waals surface area contributed by atoms with Crippen molar-refractivity contribution in [2.45, 2.75) is 20.4 Å². The molecule has 0 unspecified atom stereocenters. The van der Waals surface area contributed by atoms with Crippen molar-refractivity contribution in [3.05, 3.63) is 70.4 Å². The monoisotopic (exact) mass is 438 g/mol. The molecule has 0 fully saturated rings. The van der Waals surface area contributed by atoms with Crippen molar-refractivity contribution in [3.63, 3.8) is 0 Å². The summed E-state index contributed by atoms with van der Waals surface area (Å²) in [6, 6.07) is 12.5. The second kappa shape index (κ2) is 9.09. The van der Waals surface area contributed by atoms with Crippen LogP contribution >= 0.6 is 11.3 Å². The lowest BCUT2D eigenvalue weighted by Crippen LogP contribution is -2.31. The first-order valence-corrected chi connectivity index (χ1v) is 10.8. The van der Waals surface area contributed by atoms with Gasteiger partial charge in [-0.25, -0.2) is 0 Å². The van der Waals surface area contributed by atoms with Gasteiger partial charge in [0, 0.05) is 16.6 Å². The molecule has 0 atom stereocenters. The first-order chi connectivity index (χ1) is 15.1. The first-order valence-electron chi connectivity index (χ1n) is 9.95. The van der Waals surface area contributed by atoms with Crippen molar-refractivity contribution in [2.24, 2.45) is 0 Å². The number of carbonyl (C=O) groups excluding carboxylic acids is 2. The standard InChI is InChI=1S/C23H22N2O5S/c1-3-28-17-10-9-15(13-18(17)29-4-2)24-21-20(19-8-6-12-31-19)22(26)25(23(21)27)14-16-7-5-11-30-16/h5-13,24H,3-4,14H2,1-2H3. The van der Waals surface area contributed by atoms with Crippen molar-refractivity contribution in [3.8, 4) is 11.5 Å². The largest absolute Gasteiger partial charge is 0.490 e. The van der Waals surface area contributed by atoms with Crippen molar-refractivity contribution >= 4 is 34.4 Å². The number of furan rings is 1. The number of rotatable bonds is 9. The molecular formula is C23H22N2O5S. The van der Waals surface area contributed by atoms with Crippen LogP contribution < -0.4 is 14.8 Å². The molecule has 0 spiro atoms. The van der Waals surface area contributed by atoms with E-state index >= 15 is 0 Å². The normalized spacial score (nSPS) is 13.8. The molecule has 2 amide bonds. The van der Waals surface area contributed by atoms with Crippen LogP contribution in [-0.2, 0) is 16.1 Å². The summed E-state index contributed by atoms with van der Waals surface area (Å²) in [4.78, 5) is 28.3. The van der Waals surface area contributed by atoms with Gasteiger partial charge in [0.05, 0.1) is 31.6 Å². The third kappa shape index (κ3) is 4.20. The molecule has 3 aromatic rings. The Kier molecular flexibility index (Phi) is 6.08. The second-order valence-corrected chi connectivity index (χ2v) is 7.60. The van der Waals surface area contributed by atoms with Crippen molar-refractivity contribution in [1.29, 1.82) is 0 Å². The highest BCUT2D eigenvalue weighted by Crippen LogP contribution is 2.36.